The molecule has 0 spiro atoms. The van der Waals surface area contributed by atoms with Crippen molar-refractivity contribution in [3.05, 3.63) is 59.4 Å². The lowest BCUT2D eigenvalue weighted by Crippen LogP contribution is -2.12. The molecule has 2 aromatic rings. The SMILES string of the molecule is COc1c(C(=O)c2ccncc2)cccc1C(F)(F)F. The van der Waals surface area contributed by atoms with Gasteiger partial charge >= 0.3 is 6.18 Å². The zero-order valence-electron chi connectivity index (χ0n) is 10.4. The zero-order chi connectivity index (χ0) is 14.8. The number of carbonyl (C=O) groups is 1. The molecule has 0 unspecified atom stereocenters. The summed E-state index contributed by atoms with van der Waals surface area (Å²) in [4.78, 5) is 16.0. The highest BCUT2D eigenvalue weighted by atomic mass is 19.4. The highest BCUT2D eigenvalue weighted by Crippen LogP contribution is 2.38. The number of hydrogen-bond acceptors (Lipinski definition) is 3. The number of methoxy groups -OCH3 is 1. The number of pyridine rings is 1. The number of aromatic nitrogens is 1. The number of nitrogens with zero attached hydrogens (tertiary/aromatic N) is 1. The van der Waals surface area contributed by atoms with E-state index < -0.39 is 23.3 Å². The van der Waals surface area contributed by atoms with E-state index >= 15 is 0 Å². The first kappa shape index (κ1) is 14.0. The first-order chi connectivity index (χ1) is 9.45. The third-order valence-corrected chi connectivity index (χ3v) is 2.71. The maximum Gasteiger partial charge on any atom is 0.419 e. The number of alkyl halides is 3. The van der Waals surface area contributed by atoms with Gasteiger partial charge in [-0.2, -0.15) is 13.2 Å². The summed E-state index contributed by atoms with van der Waals surface area (Å²) < 4.78 is 43.4. The Labute approximate surface area is 113 Å². The average Bonchev–Trinajstić information content (AvgIpc) is 2.45. The predicted octanol–water partition coefficient (Wildman–Crippen LogP) is 3.34. The van der Waals surface area contributed by atoms with Crippen LogP contribution in [0.2, 0.25) is 0 Å². The van der Waals surface area contributed by atoms with Crippen molar-refractivity contribution < 1.29 is 22.7 Å². The molecule has 3 nitrogen and oxygen atoms in total. The molecule has 1 aromatic heterocycles. The number of ketones is 1. The second kappa shape index (κ2) is 5.32. The van der Waals surface area contributed by atoms with E-state index in [-0.39, 0.29) is 11.1 Å². The van der Waals surface area contributed by atoms with Gasteiger partial charge in [0, 0.05) is 18.0 Å². The summed E-state index contributed by atoms with van der Waals surface area (Å²) in [5.74, 6) is -1.02. The van der Waals surface area contributed by atoms with Crippen LogP contribution in [-0.4, -0.2) is 17.9 Å². The van der Waals surface area contributed by atoms with Crippen molar-refractivity contribution in [3.8, 4) is 5.75 Å². The molecule has 20 heavy (non-hydrogen) atoms. The van der Waals surface area contributed by atoms with Gasteiger partial charge in [0.15, 0.2) is 5.78 Å². The number of para-hydroxylation sites is 1. The minimum atomic E-state index is -4.58. The summed E-state index contributed by atoms with van der Waals surface area (Å²) >= 11 is 0. The number of ether oxygens (including phenoxy) is 1. The van der Waals surface area contributed by atoms with Crippen molar-refractivity contribution in [2.45, 2.75) is 6.18 Å². The number of hydrogen-bond donors (Lipinski definition) is 0. The molecule has 0 aliphatic heterocycles. The van der Waals surface area contributed by atoms with Crippen LogP contribution in [0.4, 0.5) is 13.2 Å². The number of halogens is 3. The van der Waals surface area contributed by atoms with Gasteiger partial charge in [0.05, 0.1) is 18.2 Å². The van der Waals surface area contributed by atoms with Gasteiger partial charge in [-0.25, -0.2) is 0 Å². The Hall–Kier alpha value is -2.37. The van der Waals surface area contributed by atoms with Gasteiger partial charge in [-0.1, -0.05) is 6.07 Å². The molecule has 0 radical (unpaired) electrons. The highest BCUT2D eigenvalue weighted by Gasteiger charge is 2.36. The third-order valence-electron chi connectivity index (χ3n) is 2.71. The van der Waals surface area contributed by atoms with Gasteiger partial charge in [-0.05, 0) is 24.3 Å². The lowest BCUT2D eigenvalue weighted by molar-refractivity contribution is -0.138. The lowest BCUT2D eigenvalue weighted by Gasteiger charge is -2.14. The van der Waals surface area contributed by atoms with Crippen molar-refractivity contribution in [2.24, 2.45) is 0 Å². The van der Waals surface area contributed by atoms with Crippen molar-refractivity contribution in [1.82, 2.24) is 4.98 Å². The fourth-order valence-electron chi connectivity index (χ4n) is 1.82. The molecular weight excluding hydrogens is 271 g/mol. The number of rotatable bonds is 3. The van der Waals surface area contributed by atoms with E-state index in [4.69, 9.17) is 4.74 Å². The van der Waals surface area contributed by atoms with Crippen LogP contribution < -0.4 is 4.74 Å². The minimum absolute atomic E-state index is 0.131. The van der Waals surface area contributed by atoms with Crippen LogP contribution in [0.5, 0.6) is 5.75 Å². The second-order valence-electron chi connectivity index (χ2n) is 3.95. The Kier molecular flexibility index (Phi) is 3.74. The molecule has 2 rings (SSSR count). The summed E-state index contributed by atoms with van der Waals surface area (Å²) in [6.45, 7) is 0. The topological polar surface area (TPSA) is 39.2 Å². The molecule has 0 bridgehead atoms. The summed E-state index contributed by atoms with van der Waals surface area (Å²) in [5, 5.41) is 0. The summed E-state index contributed by atoms with van der Waals surface area (Å²) in [7, 11) is 1.11. The molecule has 0 atom stereocenters. The van der Waals surface area contributed by atoms with E-state index in [0.29, 0.717) is 0 Å². The van der Waals surface area contributed by atoms with Gasteiger partial charge in [0.1, 0.15) is 5.75 Å². The Bertz CT molecular complexity index is 624. The minimum Gasteiger partial charge on any atom is -0.495 e. The fourth-order valence-corrected chi connectivity index (χ4v) is 1.82. The highest BCUT2D eigenvalue weighted by molar-refractivity contribution is 6.10. The Morgan fingerprint density at radius 3 is 2.35 bits per heavy atom. The van der Waals surface area contributed by atoms with E-state index in [2.05, 4.69) is 4.98 Å². The standard InChI is InChI=1S/C14H10F3NO2/c1-20-13-10(3-2-4-11(13)14(15,16)17)12(19)9-5-7-18-8-6-9/h2-8H,1H3. The largest absolute Gasteiger partial charge is 0.495 e. The van der Waals surface area contributed by atoms with Gasteiger partial charge in [0.2, 0.25) is 0 Å². The van der Waals surface area contributed by atoms with Crippen molar-refractivity contribution in [3.63, 3.8) is 0 Å². The van der Waals surface area contributed by atoms with Crippen molar-refractivity contribution in [2.75, 3.05) is 7.11 Å². The quantitative estimate of drug-likeness (QED) is 0.810. The molecule has 0 amide bonds. The maximum absolute atomic E-state index is 12.9. The van der Waals surface area contributed by atoms with Gasteiger partial charge in [-0.15, -0.1) is 0 Å². The van der Waals surface area contributed by atoms with Crippen LogP contribution in [0.25, 0.3) is 0 Å². The number of benzene rings is 1. The van der Waals surface area contributed by atoms with Gasteiger partial charge in [0.25, 0.3) is 0 Å². The van der Waals surface area contributed by atoms with E-state index in [1.165, 1.54) is 36.7 Å². The molecule has 104 valence electrons. The second-order valence-corrected chi connectivity index (χ2v) is 3.95. The van der Waals surface area contributed by atoms with E-state index in [9.17, 15) is 18.0 Å². The smallest absolute Gasteiger partial charge is 0.419 e. The molecule has 6 heteroatoms. The van der Waals surface area contributed by atoms with Crippen LogP contribution in [0.1, 0.15) is 21.5 Å². The molecule has 0 fully saturated rings. The normalized spacial score (nSPS) is 11.2. The summed E-state index contributed by atoms with van der Waals surface area (Å²) in [6, 6.07) is 6.23. The molecule has 0 aliphatic carbocycles. The lowest BCUT2D eigenvalue weighted by atomic mass is 10.0. The molecule has 0 aliphatic rings. The van der Waals surface area contributed by atoms with E-state index in [1.54, 1.807) is 0 Å². The number of carbonyl (C=O) groups excluding carboxylic acids is 1. The molecule has 0 saturated heterocycles. The van der Waals surface area contributed by atoms with Gasteiger partial charge in [-0.3, -0.25) is 9.78 Å². The van der Waals surface area contributed by atoms with Crippen LogP contribution in [-0.2, 0) is 6.18 Å². The predicted molar refractivity (Wildman–Crippen MR) is 65.7 cm³/mol. The molecule has 0 N–H and O–H groups in total. The fraction of sp³-hybridized carbons (Fsp3) is 0.143. The molecule has 1 aromatic carbocycles. The van der Waals surface area contributed by atoms with Crippen molar-refractivity contribution >= 4 is 5.78 Å². The monoisotopic (exact) mass is 281 g/mol. The van der Waals surface area contributed by atoms with Crippen molar-refractivity contribution in [1.29, 1.82) is 0 Å². The van der Waals surface area contributed by atoms with E-state index in [1.807, 2.05) is 0 Å². The maximum atomic E-state index is 12.9. The van der Waals surface area contributed by atoms with E-state index in [0.717, 1.165) is 13.2 Å². The summed E-state index contributed by atoms with van der Waals surface area (Å²) in [5.41, 5.74) is -0.856. The van der Waals surface area contributed by atoms with Crippen LogP contribution in [0.15, 0.2) is 42.7 Å². The Morgan fingerprint density at radius 1 is 1.15 bits per heavy atom. The molecular formula is C14H10F3NO2. The molecule has 1 heterocycles. The first-order valence-corrected chi connectivity index (χ1v) is 5.64. The van der Waals surface area contributed by atoms with Crippen LogP contribution in [0, 0.1) is 0 Å². The van der Waals surface area contributed by atoms with Crippen LogP contribution >= 0.6 is 0 Å². The van der Waals surface area contributed by atoms with Gasteiger partial charge < -0.3 is 4.74 Å². The Morgan fingerprint density at radius 2 is 1.80 bits per heavy atom. The molecule has 0 saturated carbocycles. The first-order valence-electron chi connectivity index (χ1n) is 5.64. The average molecular weight is 281 g/mol. The van der Waals surface area contributed by atoms with Crippen LogP contribution in [0.3, 0.4) is 0 Å². The zero-order valence-corrected chi connectivity index (χ0v) is 10.4. The third kappa shape index (κ3) is 2.64. The summed E-state index contributed by atoms with van der Waals surface area (Å²) in [6.07, 6.45) is -1.79. The Balaban J connectivity index is 2.56.